The average Bonchev–Trinajstić information content (AvgIpc) is 3.27. The summed E-state index contributed by atoms with van der Waals surface area (Å²) >= 11 is 9.39. The Hall–Kier alpha value is -3.56. The molecule has 4 aromatic carbocycles. The Bertz CT molecular complexity index is 1670. The number of nitrogens with zero attached hydrogens (tertiary/aromatic N) is 2. The van der Waals surface area contributed by atoms with E-state index in [0.717, 1.165) is 22.2 Å². The molecule has 0 bridgehead atoms. The van der Waals surface area contributed by atoms with Gasteiger partial charge in [0.1, 0.15) is 29.4 Å². The van der Waals surface area contributed by atoms with Gasteiger partial charge in [0.15, 0.2) is 0 Å². The third-order valence-corrected chi connectivity index (χ3v) is 7.17. The number of rotatable bonds is 7. The van der Waals surface area contributed by atoms with E-state index < -0.39 is 17.6 Å². The standard InChI is InChI=1S/C29H20BrClF4N2O2/c1-38-21-10-11-25(30)19(13-21)16-39-22-5-2-4-17(12-22)28-23-6-3-7-24(29(33,34)35)27(23)36-37(28)15-18-8-9-20(31)14-26(18)32/h2-14H,15-16H2,1H3. The molecule has 0 spiro atoms. The monoisotopic (exact) mass is 618 g/mol. The number of methoxy groups -OCH3 is 1. The molecule has 10 heteroatoms. The van der Waals surface area contributed by atoms with Crippen LogP contribution in [-0.2, 0) is 19.3 Å². The van der Waals surface area contributed by atoms with Gasteiger partial charge in [-0.2, -0.15) is 18.3 Å². The van der Waals surface area contributed by atoms with Crippen LogP contribution in [0.2, 0.25) is 5.02 Å². The van der Waals surface area contributed by atoms with Gasteiger partial charge in [-0.15, -0.1) is 0 Å². The van der Waals surface area contributed by atoms with Crippen LogP contribution in [0.25, 0.3) is 22.2 Å². The Balaban J connectivity index is 1.58. The smallest absolute Gasteiger partial charge is 0.418 e. The van der Waals surface area contributed by atoms with Crippen molar-refractivity contribution >= 4 is 38.4 Å². The fraction of sp³-hybridized carbons (Fsp3) is 0.138. The van der Waals surface area contributed by atoms with Crippen molar-refractivity contribution in [2.75, 3.05) is 7.11 Å². The predicted octanol–water partition coefficient (Wildman–Crippen LogP) is 8.91. The molecule has 1 aromatic heterocycles. The minimum absolute atomic E-state index is 0.105. The summed E-state index contributed by atoms with van der Waals surface area (Å²) in [5.74, 6) is 0.591. The summed E-state index contributed by atoms with van der Waals surface area (Å²) in [6, 6.07) is 20.5. The lowest BCUT2D eigenvalue weighted by Crippen LogP contribution is -2.07. The quantitative estimate of drug-likeness (QED) is 0.171. The van der Waals surface area contributed by atoms with Gasteiger partial charge in [-0.3, -0.25) is 4.68 Å². The van der Waals surface area contributed by atoms with Gasteiger partial charge in [0.2, 0.25) is 0 Å². The van der Waals surface area contributed by atoms with E-state index in [4.69, 9.17) is 21.1 Å². The zero-order valence-corrected chi connectivity index (χ0v) is 22.7. The van der Waals surface area contributed by atoms with Crippen LogP contribution in [0, 0.1) is 5.82 Å². The predicted molar refractivity (Wildman–Crippen MR) is 146 cm³/mol. The summed E-state index contributed by atoms with van der Waals surface area (Å²) in [5, 5.41) is 4.81. The molecule has 4 nitrogen and oxygen atoms in total. The molecule has 0 aliphatic rings. The Morgan fingerprint density at radius 2 is 1.72 bits per heavy atom. The van der Waals surface area contributed by atoms with Crippen LogP contribution in [-0.4, -0.2) is 16.9 Å². The van der Waals surface area contributed by atoms with E-state index >= 15 is 0 Å². The molecule has 0 amide bonds. The third-order valence-electron chi connectivity index (χ3n) is 6.17. The molecule has 1 heterocycles. The number of halogens is 6. The van der Waals surface area contributed by atoms with Crippen molar-refractivity contribution < 1.29 is 27.0 Å². The number of aromatic nitrogens is 2. The van der Waals surface area contributed by atoms with Crippen LogP contribution in [0.4, 0.5) is 17.6 Å². The van der Waals surface area contributed by atoms with Crippen LogP contribution < -0.4 is 9.47 Å². The lowest BCUT2D eigenvalue weighted by atomic mass is 10.0. The maximum atomic E-state index is 14.7. The Labute approximate surface area is 234 Å². The average molecular weight is 620 g/mol. The number of ether oxygens (including phenoxy) is 2. The molecule has 0 fully saturated rings. The van der Waals surface area contributed by atoms with Crippen molar-refractivity contribution in [3.8, 4) is 22.8 Å². The molecule has 5 aromatic rings. The van der Waals surface area contributed by atoms with E-state index in [1.165, 1.54) is 22.9 Å². The Morgan fingerprint density at radius 3 is 2.46 bits per heavy atom. The van der Waals surface area contributed by atoms with Gasteiger partial charge in [0.25, 0.3) is 0 Å². The lowest BCUT2D eigenvalue weighted by Gasteiger charge is -2.12. The first kappa shape index (κ1) is 27.0. The fourth-order valence-corrected chi connectivity index (χ4v) is 4.81. The van der Waals surface area contributed by atoms with E-state index in [0.29, 0.717) is 22.8 Å². The van der Waals surface area contributed by atoms with Crippen molar-refractivity contribution in [3.05, 3.63) is 111 Å². The molecule has 0 aliphatic heterocycles. The second-order valence-electron chi connectivity index (χ2n) is 8.72. The second kappa shape index (κ2) is 10.9. The van der Waals surface area contributed by atoms with Crippen LogP contribution in [0.15, 0.2) is 83.3 Å². The maximum absolute atomic E-state index is 14.7. The van der Waals surface area contributed by atoms with Crippen molar-refractivity contribution in [2.24, 2.45) is 0 Å². The van der Waals surface area contributed by atoms with Crippen LogP contribution >= 0.6 is 27.5 Å². The number of alkyl halides is 3. The SMILES string of the molecule is COc1ccc(Br)c(COc2cccc(-c3c4cccc(C(F)(F)F)c4nn3Cc3ccc(Cl)cc3F)c2)c1. The molecule has 0 aliphatic carbocycles. The van der Waals surface area contributed by atoms with Gasteiger partial charge >= 0.3 is 6.18 Å². The third kappa shape index (κ3) is 5.74. The second-order valence-corrected chi connectivity index (χ2v) is 10.0. The zero-order chi connectivity index (χ0) is 27.7. The van der Waals surface area contributed by atoms with Gasteiger partial charge in [0.05, 0.1) is 24.9 Å². The van der Waals surface area contributed by atoms with Crippen molar-refractivity contribution in [3.63, 3.8) is 0 Å². The van der Waals surface area contributed by atoms with Crippen LogP contribution in [0.3, 0.4) is 0 Å². The molecule has 0 N–H and O–H groups in total. The topological polar surface area (TPSA) is 36.3 Å². The number of hydrogen-bond acceptors (Lipinski definition) is 3. The summed E-state index contributed by atoms with van der Waals surface area (Å²) in [6.45, 7) is 0.113. The maximum Gasteiger partial charge on any atom is 0.418 e. The first-order valence-electron chi connectivity index (χ1n) is 11.7. The highest BCUT2D eigenvalue weighted by Gasteiger charge is 2.34. The molecule has 0 atom stereocenters. The Morgan fingerprint density at radius 1 is 0.923 bits per heavy atom. The number of hydrogen-bond donors (Lipinski definition) is 0. The summed E-state index contributed by atoms with van der Waals surface area (Å²) in [5.41, 5.74) is 0.959. The Kier molecular flexibility index (Phi) is 7.55. The minimum Gasteiger partial charge on any atom is -0.497 e. The molecule has 0 radical (unpaired) electrons. The van der Waals surface area contributed by atoms with E-state index in [1.54, 1.807) is 37.4 Å². The summed E-state index contributed by atoms with van der Waals surface area (Å²) in [6.07, 6.45) is -4.61. The van der Waals surface area contributed by atoms with E-state index in [1.807, 2.05) is 18.2 Å². The zero-order valence-electron chi connectivity index (χ0n) is 20.4. The van der Waals surface area contributed by atoms with Crippen molar-refractivity contribution in [2.45, 2.75) is 19.3 Å². The van der Waals surface area contributed by atoms with E-state index in [-0.39, 0.29) is 34.6 Å². The molecule has 200 valence electrons. The van der Waals surface area contributed by atoms with Gasteiger partial charge in [-0.05, 0) is 48.5 Å². The van der Waals surface area contributed by atoms with Gasteiger partial charge in [-0.25, -0.2) is 4.39 Å². The molecule has 0 saturated heterocycles. The lowest BCUT2D eigenvalue weighted by molar-refractivity contribution is -0.136. The summed E-state index contributed by atoms with van der Waals surface area (Å²) in [7, 11) is 1.57. The molecular formula is C29H20BrClF4N2O2. The van der Waals surface area contributed by atoms with Gasteiger partial charge < -0.3 is 9.47 Å². The largest absolute Gasteiger partial charge is 0.497 e. The fourth-order valence-electron chi connectivity index (χ4n) is 4.29. The van der Waals surface area contributed by atoms with Crippen molar-refractivity contribution in [1.82, 2.24) is 9.78 Å². The van der Waals surface area contributed by atoms with Gasteiger partial charge in [0, 0.05) is 31.6 Å². The normalized spacial score (nSPS) is 11.7. The molecule has 39 heavy (non-hydrogen) atoms. The minimum atomic E-state index is -4.61. The van der Waals surface area contributed by atoms with E-state index in [9.17, 15) is 17.6 Å². The first-order valence-corrected chi connectivity index (χ1v) is 12.9. The van der Waals surface area contributed by atoms with Crippen molar-refractivity contribution in [1.29, 1.82) is 0 Å². The van der Waals surface area contributed by atoms with Crippen LogP contribution in [0.1, 0.15) is 16.7 Å². The first-order chi connectivity index (χ1) is 18.6. The molecule has 0 unspecified atom stereocenters. The van der Waals surface area contributed by atoms with Gasteiger partial charge in [-0.1, -0.05) is 57.9 Å². The number of fused-ring (bicyclic) bond motifs is 1. The highest BCUT2D eigenvalue weighted by molar-refractivity contribution is 9.10. The molecule has 0 saturated carbocycles. The molecule has 5 rings (SSSR count). The van der Waals surface area contributed by atoms with E-state index in [2.05, 4.69) is 21.0 Å². The number of benzene rings is 4. The highest BCUT2D eigenvalue weighted by Crippen LogP contribution is 2.39. The molecular weight excluding hydrogens is 600 g/mol. The van der Waals surface area contributed by atoms with Crippen LogP contribution in [0.5, 0.6) is 11.5 Å². The summed E-state index contributed by atoms with van der Waals surface area (Å²) < 4.78 is 69.7. The summed E-state index contributed by atoms with van der Waals surface area (Å²) in [4.78, 5) is 0. The highest BCUT2D eigenvalue weighted by atomic mass is 79.9.